The summed E-state index contributed by atoms with van der Waals surface area (Å²) < 4.78 is 15.9. The van der Waals surface area contributed by atoms with Crippen molar-refractivity contribution in [2.45, 2.75) is 78.2 Å². The highest BCUT2D eigenvalue weighted by molar-refractivity contribution is 6.10. The van der Waals surface area contributed by atoms with Crippen LogP contribution in [0.1, 0.15) is 60.5 Å². The second-order valence-electron chi connectivity index (χ2n) is 11.2. The van der Waals surface area contributed by atoms with Crippen LogP contribution in [0.3, 0.4) is 0 Å². The number of benzene rings is 1. The largest absolute Gasteiger partial charge is 0.459 e. The number of carbonyl (C=O) groups is 5. The molecule has 0 spiro atoms. The summed E-state index contributed by atoms with van der Waals surface area (Å²) in [6.07, 6.45) is -1.79. The lowest BCUT2D eigenvalue weighted by Crippen LogP contribution is -2.73. The van der Waals surface area contributed by atoms with Gasteiger partial charge in [-0.3, -0.25) is 19.8 Å². The Labute approximate surface area is 229 Å². The molecule has 0 bridgehead atoms. The smallest absolute Gasteiger partial charge is 0.422 e. The number of rotatable bonds is 9. The number of hydrazine groups is 1. The highest BCUT2D eigenvalue weighted by Crippen LogP contribution is 2.27. The fourth-order valence-electron chi connectivity index (χ4n) is 4.01. The van der Waals surface area contributed by atoms with E-state index in [1.54, 1.807) is 65.8 Å². The monoisotopic (exact) mass is 548 g/mol. The van der Waals surface area contributed by atoms with Crippen molar-refractivity contribution in [2.75, 3.05) is 26.2 Å². The molecule has 1 aromatic carbocycles. The van der Waals surface area contributed by atoms with E-state index in [2.05, 4.69) is 10.7 Å². The van der Waals surface area contributed by atoms with Gasteiger partial charge in [0.2, 0.25) is 0 Å². The average Bonchev–Trinajstić information content (AvgIpc) is 2.79. The molecule has 0 saturated carbocycles. The number of piperazine rings is 1. The van der Waals surface area contributed by atoms with Crippen LogP contribution < -0.4 is 10.7 Å². The van der Waals surface area contributed by atoms with E-state index in [1.165, 1.54) is 16.8 Å². The van der Waals surface area contributed by atoms with Gasteiger partial charge in [0.05, 0.1) is 0 Å². The van der Waals surface area contributed by atoms with Gasteiger partial charge in [-0.2, -0.15) is 5.01 Å². The minimum Gasteiger partial charge on any atom is -0.459 e. The summed E-state index contributed by atoms with van der Waals surface area (Å²) in [6, 6.07) is 9.01. The van der Waals surface area contributed by atoms with E-state index in [-0.39, 0.29) is 39.2 Å². The van der Waals surface area contributed by atoms with Gasteiger partial charge in [-0.05, 0) is 54.0 Å². The third-order valence-electron chi connectivity index (χ3n) is 5.61. The molecule has 0 unspecified atom stereocenters. The molecule has 0 aliphatic carbocycles. The van der Waals surface area contributed by atoms with Crippen molar-refractivity contribution >= 4 is 29.8 Å². The summed E-state index contributed by atoms with van der Waals surface area (Å²) in [5, 5.41) is 3.76. The molecule has 12 heteroatoms. The lowest BCUT2D eigenvalue weighted by molar-refractivity contribution is -0.170. The van der Waals surface area contributed by atoms with Crippen molar-refractivity contribution < 1.29 is 38.2 Å². The van der Waals surface area contributed by atoms with Crippen LogP contribution in [-0.2, 0) is 35.2 Å². The van der Waals surface area contributed by atoms with Crippen molar-refractivity contribution in [1.29, 1.82) is 0 Å². The summed E-state index contributed by atoms with van der Waals surface area (Å²) in [4.78, 5) is 65.5. The molecular formula is C27H40N4O8. The molecule has 0 aromatic heterocycles. The number of hydrogen-bond acceptors (Lipinski definition) is 9. The summed E-state index contributed by atoms with van der Waals surface area (Å²) >= 11 is 0. The second-order valence-corrected chi connectivity index (χ2v) is 11.2. The van der Waals surface area contributed by atoms with Crippen LogP contribution in [0.2, 0.25) is 0 Å². The van der Waals surface area contributed by atoms with Crippen LogP contribution in [0.4, 0.5) is 9.59 Å². The van der Waals surface area contributed by atoms with Gasteiger partial charge in [0, 0.05) is 26.1 Å². The Morgan fingerprint density at radius 3 is 2.10 bits per heavy atom. The Bertz CT molecular complexity index is 1050. The van der Waals surface area contributed by atoms with Crippen molar-refractivity contribution in [3.8, 4) is 0 Å². The molecule has 1 aromatic rings. The number of nitrogens with zero attached hydrogens (tertiary/aromatic N) is 2. The number of esters is 1. The normalized spacial score (nSPS) is 18.2. The zero-order valence-electron chi connectivity index (χ0n) is 23.8. The second kappa shape index (κ2) is 12.9. The van der Waals surface area contributed by atoms with Gasteiger partial charge in [0.25, 0.3) is 5.91 Å². The molecule has 0 radical (unpaired) electrons. The van der Waals surface area contributed by atoms with Crippen LogP contribution in [0.5, 0.6) is 0 Å². The van der Waals surface area contributed by atoms with Gasteiger partial charge in [0.1, 0.15) is 24.4 Å². The Balaban J connectivity index is 2.24. The summed E-state index contributed by atoms with van der Waals surface area (Å²) in [6.45, 7) is 11.0. The number of alkyl carbamates (subject to hydrolysis) is 1. The van der Waals surface area contributed by atoms with E-state index in [0.717, 1.165) is 5.56 Å². The molecule has 1 aliphatic rings. The molecular weight excluding hydrogens is 508 g/mol. The zero-order valence-corrected chi connectivity index (χ0v) is 23.8. The molecule has 1 fully saturated rings. The molecule has 2 rings (SSSR count). The number of hydrogen-bond donors (Lipinski definition) is 2. The summed E-state index contributed by atoms with van der Waals surface area (Å²) in [7, 11) is 0. The Kier molecular flexibility index (Phi) is 10.5. The van der Waals surface area contributed by atoms with E-state index >= 15 is 0 Å². The standard InChI is InChI=1S/C27H40N4O8/c1-19(32)27(13-14-28-23(35)39-26(5,6)7)22(34)30(17-21(33)38-25(2,3)4)15-16-31(27)29-24(36)37-18-20-11-9-8-10-12-20/h8-12H,13-18H2,1-7H3,(H,28,35)(H,29,36)/t27-/m0/s1. The number of ether oxygens (including phenoxy) is 3. The highest BCUT2D eigenvalue weighted by Gasteiger charge is 2.54. The van der Waals surface area contributed by atoms with Crippen LogP contribution in [0.15, 0.2) is 30.3 Å². The Morgan fingerprint density at radius 2 is 1.54 bits per heavy atom. The highest BCUT2D eigenvalue weighted by atomic mass is 16.6. The van der Waals surface area contributed by atoms with E-state index in [4.69, 9.17) is 14.2 Å². The van der Waals surface area contributed by atoms with Gasteiger partial charge in [0.15, 0.2) is 11.3 Å². The number of amides is 3. The van der Waals surface area contributed by atoms with Crippen molar-refractivity contribution in [3.05, 3.63) is 35.9 Å². The SMILES string of the molecule is CC(=O)[C@@]1(CCNC(=O)OC(C)(C)C)C(=O)N(CC(=O)OC(C)(C)C)CCN1NC(=O)OCc1ccccc1. The Hall–Kier alpha value is -3.67. The van der Waals surface area contributed by atoms with Crippen molar-refractivity contribution in [1.82, 2.24) is 20.7 Å². The van der Waals surface area contributed by atoms with E-state index in [0.29, 0.717) is 0 Å². The minimum atomic E-state index is -1.92. The molecule has 1 heterocycles. The molecule has 3 amide bonds. The predicted molar refractivity (Wildman–Crippen MR) is 141 cm³/mol. The number of Topliss-reactive ketones (excluding diaryl/α,β-unsaturated/α-hetero) is 1. The Morgan fingerprint density at radius 1 is 0.923 bits per heavy atom. The van der Waals surface area contributed by atoms with E-state index in [9.17, 15) is 24.0 Å². The van der Waals surface area contributed by atoms with Crippen LogP contribution >= 0.6 is 0 Å². The topological polar surface area (TPSA) is 144 Å². The van der Waals surface area contributed by atoms with Crippen LogP contribution in [0, 0.1) is 0 Å². The molecule has 1 atom stereocenters. The van der Waals surface area contributed by atoms with Gasteiger partial charge in [-0.25, -0.2) is 9.59 Å². The zero-order chi connectivity index (χ0) is 29.4. The molecule has 1 aliphatic heterocycles. The third kappa shape index (κ3) is 9.54. The molecule has 1 saturated heterocycles. The lowest BCUT2D eigenvalue weighted by atomic mass is 9.86. The fraction of sp³-hybridized carbons (Fsp3) is 0.593. The predicted octanol–water partition coefficient (Wildman–Crippen LogP) is 2.56. The summed E-state index contributed by atoms with van der Waals surface area (Å²) in [5.41, 5.74) is -0.146. The molecule has 12 nitrogen and oxygen atoms in total. The first-order valence-electron chi connectivity index (χ1n) is 12.8. The maximum absolute atomic E-state index is 13.8. The van der Waals surface area contributed by atoms with Gasteiger partial charge < -0.3 is 24.4 Å². The van der Waals surface area contributed by atoms with Gasteiger partial charge in [-0.1, -0.05) is 30.3 Å². The number of nitrogens with one attached hydrogen (secondary N) is 2. The fourth-order valence-corrected chi connectivity index (χ4v) is 4.01. The first kappa shape index (κ1) is 31.5. The quantitative estimate of drug-likeness (QED) is 0.270. The van der Waals surface area contributed by atoms with E-state index < -0.39 is 46.6 Å². The van der Waals surface area contributed by atoms with E-state index in [1.807, 2.05) is 6.07 Å². The molecule has 2 N–H and O–H groups in total. The molecule has 216 valence electrons. The lowest BCUT2D eigenvalue weighted by Gasteiger charge is -2.47. The van der Waals surface area contributed by atoms with Gasteiger partial charge in [-0.15, -0.1) is 0 Å². The van der Waals surface area contributed by atoms with Crippen molar-refractivity contribution in [2.24, 2.45) is 0 Å². The first-order valence-corrected chi connectivity index (χ1v) is 12.8. The van der Waals surface area contributed by atoms with Crippen molar-refractivity contribution in [3.63, 3.8) is 0 Å². The maximum atomic E-state index is 13.8. The minimum absolute atomic E-state index is 0.0149. The van der Waals surface area contributed by atoms with Gasteiger partial charge >= 0.3 is 18.2 Å². The van der Waals surface area contributed by atoms with Crippen LogP contribution in [-0.4, -0.2) is 82.7 Å². The first-order chi connectivity index (χ1) is 18.0. The maximum Gasteiger partial charge on any atom is 0.422 e. The third-order valence-corrected chi connectivity index (χ3v) is 5.61. The molecule has 39 heavy (non-hydrogen) atoms. The average molecular weight is 549 g/mol. The number of carbonyl (C=O) groups excluding carboxylic acids is 5. The number of ketones is 1. The van der Waals surface area contributed by atoms with Crippen LogP contribution in [0.25, 0.3) is 0 Å². The summed E-state index contributed by atoms with van der Waals surface area (Å²) in [5.74, 6) is -1.93.